The summed E-state index contributed by atoms with van der Waals surface area (Å²) in [6, 6.07) is 6.95. The smallest absolute Gasteiger partial charge is 0.117 e. The number of phenolic OH excluding ortho intramolecular Hbond substituents is 1. The van der Waals surface area contributed by atoms with Crippen LogP contribution in [0, 0.1) is 0 Å². The first-order valence-corrected chi connectivity index (χ1v) is 5.73. The van der Waals surface area contributed by atoms with E-state index in [1.807, 2.05) is 6.07 Å². The van der Waals surface area contributed by atoms with Gasteiger partial charge < -0.3 is 10.8 Å². The van der Waals surface area contributed by atoms with Gasteiger partial charge in [-0.3, -0.25) is 0 Å². The average molecular weight is 230 g/mol. The summed E-state index contributed by atoms with van der Waals surface area (Å²) in [5.74, 6) is 0.744. The van der Waals surface area contributed by atoms with Crippen molar-refractivity contribution >= 4 is 0 Å². The molecule has 1 aromatic heterocycles. The SMILES string of the molecule is NCc1c(C2CC2)nnn1-c1cccc(O)c1. The van der Waals surface area contributed by atoms with Crippen LogP contribution in [0.25, 0.3) is 5.69 Å². The van der Waals surface area contributed by atoms with E-state index in [2.05, 4.69) is 10.3 Å². The summed E-state index contributed by atoms with van der Waals surface area (Å²) < 4.78 is 1.72. The molecule has 2 aromatic rings. The minimum absolute atomic E-state index is 0.217. The molecule has 1 aliphatic carbocycles. The molecule has 3 rings (SSSR count). The number of hydrogen-bond donors (Lipinski definition) is 2. The zero-order valence-corrected chi connectivity index (χ0v) is 9.37. The van der Waals surface area contributed by atoms with E-state index in [4.69, 9.17) is 5.73 Å². The largest absolute Gasteiger partial charge is 0.508 e. The van der Waals surface area contributed by atoms with Gasteiger partial charge in [0.15, 0.2) is 0 Å². The van der Waals surface area contributed by atoms with Crippen molar-refractivity contribution in [1.29, 1.82) is 0 Å². The molecule has 0 atom stereocenters. The van der Waals surface area contributed by atoms with Crippen LogP contribution in [0.2, 0.25) is 0 Å². The van der Waals surface area contributed by atoms with Crippen LogP contribution in [0.15, 0.2) is 24.3 Å². The summed E-state index contributed by atoms with van der Waals surface area (Å²) in [6.45, 7) is 0.411. The van der Waals surface area contributed by atoms with E-state index in [1.165, 1.54) is 12.8 Å². The number of aromatic hydroxyl groups is 1. The maximum absolute atomic E-state index is 9.47. The van der Waals surface area contributed by atoms with Crippen molar-refractivity contribution in [3.8, 4) is 11.4 Å². The Morgan fingerprint density at radius 1 is 1.41 bits per heavy atom. The fraction of sp³-hybridized carbons (Fsp3) is 0.333. The topological polar surface area (TPSA) is 77.0 Å². The lowest BCUT2D eigenvalue weighted by molar-refractivity contribution is 0.474. The summed E-state index contributed by atoms with van der Waals surface area (Å²) >= 11 is 0. The van der Waals surface area contributed by atoms with E-state index in [0.717, 1.165) is 17.1 Å². The molecule has 17 heavy (non-hydrogen) atoms. The summed E-state index contributed by atoms with van der Waals surface area (Å²) in [5, 5.41) is 17.8. The normalized spacial score (nSPS) is 15.1. The van der Waals surface area contributed by atoms with Gasteiger partial charge in [-0.25, -0.2) is 4.68 Å². The zero-order chi connectivity index (χ0) is 11.8. The van der Waals surface area contributed by atoms with Crippen molar-refractivity contribution in [1.82, 2.24) is 15.0 Å². The van der Waals surface area contributed by atoms with E-state index < -0.39 is 0 Å². The van der Waals surface area contributed by atoms with Gasteiger partial charge in [0.05, 0.1) is 17.1 Å². The summed E-state index contributed by atoms with van der Waals surface area (Å²) in [5.41, 5.74) is 8.52. The number of benzene rings is 1. The first-order valence-electron chi connectivity index (χ1n) is 5.73. The van der Waals surface area contributed by atoms with Crippen molar-refractivity contribution in [2.45, 2.75) is 25.3 Å². The standard InChI is InChI=1S/C12H14N4O/c13-7-11-12(8-4-5-8)14-15-16(11)9-2-1-3-10(17)6-9/h1-3,6,8,17H,4-5,7,13H2. The first-order chi connectivity index (χ1) is 8.29. The highest BCUT2D eigenvalue weighted by molar-refractivity contribution is 5.40. The monoisotopic (exact) mass is 230 g/mol. The third-order valence-corrected chi connectivity index (χ3v) is 3.02. The van der Waals surface area contributed by atoms with Crippen LogP contribution >= 0.6 is 0 Å². The van der Waals surface area contributed by atoms with E-state index in [9.17, 15) is 5.11 Å². The minimum atomic E-state index is 0.217. The Labute approximate surface area is 98.9 Å². The molecule has 1 fully saturated rings. The van der Waals surface area contributed by atoms with Gasteiger partial charge in [0.25, 0.3) is 0 Å². The van der Waals surface area contributed by atoms with Crippen LogP contribution in [0.3, 0.4) is 0 Å². The van der Waals surface area contributed by atoms with Gasteiger partial charge >= 0.3 is 0 Å². The Morgan fingerprint density at radius 2 is 2.24 bits per heavy atom. The number of phenols is 1. The van der Waals surface area contributed by atoms with Crippen molar-refractivity contribution < 1.29 is 5.11 Å². The predicted molar refractivity (Wildman–Crippen MR) is 62.9 cm³/mol. The fourth-order valence-corrected chi connectivity index (χ4v) is 2.01. The van der Waals surface area contributed by atoms with E-state index in [-0.39, 0.29) is 5.75 Å². The van der Waals surface area contributed by atoms with Gasteiger partial charge in [-0.15, -0.1) is 5.10 Å². The molecule has 1 heterocycles. The Hall–Kier alpha value is -1.88. The molecular weight excluding hydrogens is 216 g/mol. The fourth-order valence-electron chi connectivity index (χ4n) is 2.01. The maximum Gasteiger partial charge on any atom is 0.117 e. The third-order valence-electron chi connectivity index (χ3n) is 3.02. The number of nitrogens with two attached hydrogens (primary N) is 1. The Bertz CT molecular complexity index is 545. The zero-order valence-electron chi connectivity index (χ0n) is 9.37. The van der Waals surface area contributed by atoms with E-state index in [0.29, 0.717) is 12.5 Å². The highest BCUT2D eigenvalue weighted by atomic mass is 16.3. The summed E-state index contributed by atoms with van der Waals surface area (Å²) in [7, 11) is 0. The molecule has 5 heteroatoms. The lowest BCUT2D eigenvalue weighted by atomic mass is 10.2. The Balaban J connectivity index is 2.08. The van der Waals surface area contributed by atoms with Gasteiger partial charge in [0.1, 0.15) is 5.75 Å². The summed E-state index contributed by atoms with van der Waals surface area (Å²) in [6.07, 6.45) is 2.34. The van der Waals surface area contributed by atoms with Gasteiger partial charge in [-0.05, 0) is 25.0 Å². The highest BCUT2D eigenvalue weighted by Gasteiger charge is 2.30. The molecule has 0 aliphatic heterocycles. The molecule has 0 unspecified atom stereocenters. The number of nitrogens with zero attached hydrogens (tertiary/aromatic N) is 3. The second-order valence-corrected chi connectivity index (χ2v) is 4.33. The molecule has 0 radical (unpaired) electrons. The average Bonchev–Trinajstić information content (AvgIpc) is 3.08. The van der Waals surface area contributed by atoms with Gasteiger partial charge in [0.2, 0.25) is 0 Å². The molecule has 0 bridgehead atoms. The van der Waals surface area contributed by atoms with Crippen LogP contribution in [0.4, 0.5) is 0 Å². The molecule has 1 aliphatic rings. The highest BCUT2D eigenvalue weighted by Crippen LogP contribution is 2.40. The third kappa shape index (κ3) is 1.78. The van der Waals surface area contributed by atoms with Crippen LogP contribution in [0.1, 0.15) is 30.1 Å². The van der Waals surface area contributed by atoms with Gasteiger partial charge in [-0.2, -0.15) is 0 Å². The molecular formula is C12H14N4O. The molecule has 5 nitrogen and oxygen atoms in total. The molecule has 3 N–H and O–H groups in total. The first kappa shape index (κ1) is 10.3. The van der Waals surface area contributed by atoms with Crippen molar-refractivity contribution in [2.75, 3.05) is 0 Å². The molecule has 1 saturated carbocycles. The van der Waals surface area contributed by atoms with Crippen molar-refractivity contribution in [2.24, 2.45) is 5.73 Å². The van der Waals surface area contributed by atoms with Crippen molar-refractivity contribution in [3.05, 3.63) is 35.7 Å². The predicted octanol–water partition coefficient (Wildman–Crippen LogP) is 1.31. The van der Waals surface area contributed by atoms with Crippen LogP contribution in [0.5, 0.6) is 5.75 Å². The van der Waals surface area contributed by atoms with Crippen LogP contribution in [-0.4, -0.2) is 20.1 Å². The second kappa shape index (κ2) is 3.85. The minimum Gasteiger partial charge on any atom is -0.508 e. The maximum atomic E-state index is 9.47. The lowest BCUT2D eigenvalue weighted by Gasteiger charge is -2.05. The van der Waals surface area contributed by atoms with Crippen LogP contribution < -0.4 is 5.73 Å². The molecule has 0 saturated heterocycles. The number of rotatable bonds is 3. The van der Waals surface area contributed by atoms with E-state index in [1.54, 1.807) is 22.9 Å². The lowest BCUT2D eigenvalue weighted by Crippen LogP contribution is -2.08. The molecule has 1 aromatic carbocycles. The second-order valence-electron chi connectivity index (χ2n) is 4.33. The molecule has 0 amide bonds. The quantitative estimate of drug-likeness (QED) is 0.833. The van der Waals surface area contributed by atoms with Crippen LogP contribution in [-0.2, 0) is 6.54 Å². The Kier molecular flexibility index (Phi) is 2.33. The van der Waals surface area contributed by atoms with Gasteiger partial charge in [-0.1, -0.05) is 11.3 Å². The molecule has 0 spiro atoms. The van der Waals surface area contributed by atoms with Gasteiger partial charge in [0, 0.05) is 18.5 Å². The van der Waals surface area contributed by atoms with Crippen molar-refractivity contribution in [3.63, 3.8) is 0 Å². The number of aromatic nitrogens is 3. The Morgan fingerprint density at radius 3 is 2.88 bits per heavy atom. The number of hydrogen-bond acceptors (Lipinski definition) is 4. The van der Waals surface area contributed by atoms with E-state index >= 15 is 0 Å². The summed E-state index contributed by atoms with van der Waals surface area (Å²) in [4.78, 5) is 0. The molecule has 88 valence electrons.